The number of nitrogens with one attached hydrogen (secondary N) is 3. The molecule has 3 N–H and O–H groups in total. The lowest BCUT2D eigenvalue weighted by atomic mass is 9.99. The third kappa shape index (κ3) is 3.88. The van der Waals surface area contributed by atoms with E-state index in [1.165, 1.54) is 0 Å². The highest BCUT2D eigenvalue weighted by molar-refractivity contribution is 6.39. The van der Waals surface area contributed by atoms with Crippen LogP contribution < -0.4 is 10.6 Å². The molecule has 0 saturated heterocycles. The minimum absolute atomic E-state index is 0.171. The predicted molar refractivity (Wildman–Crippen MR) is 112 cm³/mol. The first-order chi connectivity index (χ1) is 13.5. The van der Waals surface area contributed by atoms with Gasteiger partial charge >= 0.3 is 0 Å². The molecule has 1 aliphatic carbocycles. The minimum Gasteiger partial charge on any atom is -0.327 e. The van der Waals surface area contributed by atoms with Crippen molar-refractivity contribution in [3.63, 3.8) is 0 Å². The summed E-state index contributed by atoms with van der Waals surface area (Å²) in [7, 11) is 0. The summed E-state index contributed by atoms with van der Waals surface area (Å²) in [6, 6.07) is 10.8. The fraction of sp³-hybridized carbons (Fsp3) is 0.150. The molecule has 8 heteroatoms. The molecule has 142 valence electrons. The highest BCUT2D eigenvalue weighted by Gasteiger charge is 2.20. The van der Waals surface area contributed by atoms with Crippen molar-refractivity contribution in [2.24, 2.45) is 0 Å². The molecule has 28 heavy (non-hydrogen) atoms. The average molecular weight is 414 g/mol. The van der Waals surface area contributed by atoms with Gasteiger partial charge in [-0.2, -0.15) is 0 Å². The van der Waals surface area contributed by atoms with Crippen molar-refractivity contribution < 1.29 is 4.79 Å². The number of para-hydroxylation sites is 1. The van der Waals surface area contributed by atoms with Crippen molar-refractivity contribution in [1.82, 2.24) is 15.0 Å². The quantitative estimate of drug-likeness (QED) is 0.553. The number of carbonyl (C=O) groups excluding carboxylic acids is 1. The fourth-order valence-electron chi connectivity index (χ4n) is 3.01. The molecule has 0 radical (unpaired) electrons. The number of nitrogens with zero attached hydrogens (tertiary/aromatic N) is 2. The van der Waals surface area contributed by atoms with Crippen LogP contribution in [0.1, 0.15) is 23.5 Å². The van der Waals surface area contributed by atoms with Gasteiger partial charge in [-0.3, -0.25) is 4.79 Å². The van der Waals surface area contributed by atoms with Crippen LogP contribution in [0.3, 0.4) is 0 Å². The van der Waals surface area contributed by atoms with Crippen LogP contribution in [0.25, 0.3) is 6.08 Å². The Morgan fingerprint density at radius 3 is 2.57 bits per heavy atom. The molecule has 2 aromatic heterocycles. The molecule has 0 saturated carbocycles. The molecule has 0 spiro atoms. The van der Waals surface area contributed by atoms with Crippen LogP contribution in [0.2, 0.25) is 10.0 Å². The summed E-state index contributed by atoms with van der Waals surface area (Å²) < 4.78 is 0. The zero-order chi connectivity index (χ0) is 19.7. The van der Waals surface area contributed by atoms with Crippen molar-refractivity contribution in [2.75, 3.05) is 10.6 Å². The molecular weight excluding hydrogens is 397 g/mol. The monoisotopic (exact) mass is 413 g/mol. The van der Waals surface area contributed by atoms with Gasteiger partial charge in [0.2, 0.25) is 5.95 Å². The van der Waals surface area contributed by atoms with E-state index in [-0.39, 0.29) is 5.91 Å². The van der Waals surface area contributed by atoms with Gasteiger partial charge in [-0.1, -0.05) is 35.3 Å². The maximum Gasteiger partial charge on any atom is 0.252 e. The Labute approximate surface area is 172 Å². The van der Waals surface area contributed by atoms with Crippen LogP contribution in [0.15, 0.2) is 42.0 Å². The molecule has 0 unspecified atom stereocenters. The Kier molecular flexibility index (Phi) is 5.07. The Morgan fingerprint density at radius 1 is 1.07 bits per heavy atom. The van der Waals surface area contributed by atoms with Gasteiger partial charge in [-0.15, -0.1) is 0 Å². The van der Waals surface area contributed by atoms with Crippen molar-refractivity contribution in [3.05, 3.63) is 69.1 Å². The van der Waals surface area contributed by atoms with E-state index in [1.54, 1.807) is 30.3 Å². The summed E-state index contributed by atoms with van der Waals surface area (Å²) in [5.74, 6) is 0.892. The highest BCUT2D eigenvalue weighted by atomic mass is 35.5. The molecular formula is C20H17Cl2N5O. The van der Waals surface area contributed by atoms with Crippen LogP contribution >= 0.6 is 23.2 Å². The van der Waals surface area contributed by atoms with E-state index in [0.29, 0.717) is 45.9 Å². The molecule has 1 amide bonds. The number of anilines is 3. The van der Waals surface area contributed by atoms with Gasteiger partial charge in [0.1, 0.15) is 5.82 Å². The molecule has 3 aromatic rings. The Balaban J connectivity index is 1.53. The van der Waals surface area contributed by atoms with E-state index in [2.05, 4.69) is 25.6 Å². The lowest BCUT2D eigenvalue weighted by Gasteiger charge is -2.12. The number of imidazole rings is 1. The molecule has 6 nitrogen and oxygen atoms in total. The van der Waals surface area contributed by atoms with Crippen LogP contribution in [0.5, 0.6) is 0 Å². The van der Waals surface area contributed by atoms with Gasteiger partial charge in [0, 0.05) is 17.0 Å². The first-order valence-electron chi connectivity index (χ1n) is 8.75. The molecule has 0 bridgehead atoms. The number of pyridine rings is 1. The maximum atomic E-state index is 12.6. The van der Waals surface area contributed by atoms with Gasteiger partial charge in [-0.05, 0) is 50.1 Å². The number of fused-ring (bicyclic) bond motifs is 1. The average Bonchev–Trinajstić information content (AvgIpc) is 3.06. The summed E-state index contributed by atoms with van der Waals surface area (Å²) in [6.07, 6.45) is 3.08. The summed E-state index contributed by atoms with van der Waals surface area (Å²) in [6.45, 7) is 1.88. The van der Waals surface area contributed by atoms with Gasteiger partial charge in [0.25, 0.3) is 5.91 Å². The van der Waals surface area contributed by atoms with Gasteiger partial charge < -0.3 is 15.6 Å². The fourth-order valence-corrected chi connectivity index (χ4v) is 3.50. The second kappa shape index (κ2) is 7.66. The molecule has 4 rings (SSSR count). The van der Waals surface area contributed by atoms with Crippen molar-refractivity contribution in [2.45, 2.75) is 19.8 Å². The topological polar surface area (TPSA) is 82.7 Å². The molecule has 2 heterocycles. The minimum atomic E-state index is -0.171. The number of rotatable bonds is 4. The third-order valence-electron chi connectivity index (χ3n) is 4.39. The lowest BCUT2D eigenvalue weighted by Crippen LogP contribution is -2.17. The van der Waals surface area contributed by atoms with E-state index >= 15 is 0 Å². The molecule has 0 atom stereocenters. The second-order valence-corrected chi connectivity index (χ2v) is 7.27. The van der Waals surface area contributed by atoms with Crippen LogP contribution in [-0.4, -0.2) is 20.9 Å². The van der Waals surface area contributed by atoms with Crippen molar-refractivity contribution >= 4 is 52.6 Å². The van der Waals surface area contributed by atoms with E-state index in [0.717, 1.165) is 17.1 Å². The number of hydrogen-bond acceptors (Lipinski definition) is 4. The molecule has 1 aliphatic rings. The number of aryl methyl sites for hydroxylation is 2. The van der Waals surface area contributed by atoms with Gasteiger partial charge in [0.15, 0.2) is 0 Å². The number of aromatic nitrogens is 3. The predicted octanol–water partition coefficient (Wildman–Crippen LogP) is 5.13. The Hall–Kier alpha value is -2.83. The molecule has 0 fully saturated rings. The van der Waals surface area contributed by atoms with E-state index in [1.807, 2.05) is 19.1 Å². The number of halogens is 2. The molecule has 0 aliphatic heterocycles. The van der Waals surface area contributed by atoms with E-state index in [9.17, 15) is 4.79 Å². The lowest BCUT2D eigenvalue weighted by molar-refractivity contribution is -0.112. The summed E-state index contributed by atoms with van der Waals surface area (Å²) in [5, 5.41) is 6.96. The summed E-state index contributed by atoms with van der Waals surface area (Å²) in [5.41, 5.74) is 3.77. The standard InChI is InChI=1S/C20H17Cl2N5O/c1-11-4-2-7-17(23-11)26-19(28)12-8-9-15-16(10-12)25-20(24-15)27-18-13(21)5-3-6-14(18)22/h2-7,10H,8-9H2,1H3,(H,23,26,28)(H2,24,25,27). The first kappa shape index (κ1) is 18.5. The van der Waals surface area contributed by atoms with E-state index < -0.39 is 0 Å². The summed E-state index contributed by atoms with van der Waals surface area (Å²) in [4.78, 5) is 24.6. The number of H-pyrrole nitrogens is 1. The number of benzene rings is 1. The maximum absolute atomic E-state index is 12.6. The molecule has 1 aromatic carbocycles. The number of amides is 1. The SMILES string of the molecule is Cc1cccc(NC(=O)C2=Cc3nc(Nc4c(Cl)cccc4Cl)[nH]c3CC2)n1. The van der Waals surface area contributed by atoms with Gasteiger partial charge in [0.05, 0.1) is 21.4 Å². The second-order valence-electron chi connectivity index (χ2n) is 6.46. The third-order valence-corrected chi connectivity index (χ3v) is 5.02. The van der Waals surface area contributed by atoms with Crippen LogP contribution in [-0.2, 0) is 11.2 Å². The van der Waals surface area contributed by atoms with Crippen LogP contribution in [0, 0.1) is 6.92 Å². The zero-order valence-corrected chi connectivity index (χ0v) is 16.5. The Morgan fingerprint density at radius 2 is 1.82 bits per heavy atom. The van der Waals surface area contributed by atoms with Crippen molar-refractivity contribution in [1.29, 1.82) is 0 Å². The number of aromatic amines is 1. The highest BCUT2D eigenvalue weighted by Crippen LogP contribution is 2.33. The van der Waals surface area contributed by atoms with Crippen molar-refractivity contribution in [3.8, 4) is 0 Å². The van der Waals surface area contributed by atoms with E-state index in [4.69, 9.17) is 23.2 Å². The smallest absolute Gasteiger partial charge is 0.252 e. The number of carbonyl (C=O) groups is 1. The van der Waals surface area contributed by atoms with Crippen LogP contribution in [0.4, 0.5) is 17.5 Å². The number of hydrogen-bond donors (Lipinski definition) is 3. The first-order valence-corrected chi connectivity index (χ1v) is 9.50. The largest absolute Gasteiger partial charge is 0.327 e. The zero-order valence-electron chi connectivity index (χ0n) is 15.0. The van der Waals surface area contributed by atoms with Gasteiger partial charge in [-0.25, -0.2) is 9.97 Å². The normalized spacial score (nSPS) is 12.9. The summed E-state index contributed by atoms with van der Waals surface area (Å²) >= 11 is 12.4. The Bertz CT molecular complexity index is 1070.